The quantitative estimate of drug-likeness (QED) is 0.517. The highest BCUT2D eigenvalue weighted by atomic mass is 16.4. The maximum Gasteiger partial charge on any atom is 0.328 e. The van der Waals surface area contributed by atoms with Gasteiger partial charge in [0.25, 0.3) is 0 Å². The molecule has 100 valence electrons. The van der Waals surface area contributed by atoms with Crippen LogP contribution in [-0.4, -0.2) is 51.2 Å². The number of carbonyl (C=O) groups excluding carboxylic acids is 1. The predicted octanol–water partition coefficient (Wildman–Crippen LogP) is -1.06. The summed E-state index contributed by atoms with van der Waals surface area (Å²) in [6, 6.07) is -1.93. The van der Waals surface area contributed by atoms with Crippen molar-refractivity contribution in [2.24, 2.45) is 0 Å². The molecule has 1 rings (SSSR count). The first-order valence-corrected chi connectivity index (χ1v) is 5.40. The lowest BCUT2D eigenvalue weighted by Crippen LogP contribution is -2.48. The Labute approximate surface area is 104 Å². The van der Waals surface area contributed by atoms with Gasteiger partial charge in [-0.05, 0) is 12.5 Å². The number of aliphatic hydroxyl groups excluding tert-OH is 1. The van der Waals surface area contributed by atoms with Crippen molar-refractivity contribution >= 4 is 12.0 Å². The van der Waals surface area contributed by atoms with E-state index in [1.807, 2.05) is 13.1 Å². The van der Waals surface area contributed by atoms with Crippen LogP contribution in [0.15, 0.2) is 12.4 Å². The Balaban J connectivity index is 2.26. The molecule has 8 heteroatoms. The highest BCUT2D eigenvalue weighted by Crippen LogP contribution is 1.92. The largest absolute Gasteiger partial charge is 0.480 e. The van der Waals surface area contributed by atoms with Crippen LogP contribution in [0.4, 0.5) is 4.79 Å². The monoisotopic (exact) mass is 256 g/mol. The number of hydrogen-bond acceptors (Lipinski definition) is 4. The molecule has 1 aromatic rings. The first-order chi connectivity index (χ1) is 8.52. The van der Waals surface area contributed by atoms with Crippen molar-refractivity contribution in [2.45, 2.75) is 19.5 Å². The van der Waals surface area contributed by atoms with Crippen molar-refractivity contribution in [1.29, 1.82) is 0 Å². The van der Waals surface area contributed by atoms with Crippen LogP contribution in [-0.2, 0) is 11.3 Å². The van der Waals surface area contributed by atoms with Crippen LogP contribution < -0.4 is 10.6 Å². The van der Waals surface area contributed by atoms with Gasteiger partial charge in [0, 0.05) is 12.7 Å². The summed E-state index contributed by atoms with van der Waals surface area (Å²) < 4.78 is 1.66. The molecule has 1 heterocycles. The number of rotatable bonds is 6. The normalized spacial score (nSPS) is 11.9. The lowest BCUT2D eigenvalue weighted by molar-refractivity contribution is -0.140. The fraction of sp³-hybridized carbons (Fsp3) is 0.500. The van der Waals surface area contributed by atoms with E-state index in [4.69, 9.17) is 10.2 Å². The van der Waals surface area contributed by atoms with Crippen LogP contribution in [0.25, 0.3) is 0 Å². The fourth-order valence-corrected chi connectivity index (χ4v) is 1.27. The summed E-state index contributed by atoms with van der Waals surface area (Å²) in [6.07, 6.45) is 3.53. The minimum Gasteiger partial charge on any atom is -0.480 e. The Morgan fingerprint density at radius 3 is 2.78 bits per heavy atom. The van der Waals surface area contributed by atoms with Crippen LogP contribution in [0.5, 0.6) is 0 Å². The van der Waals surface area contributed by atoms with E-state index in [1.54, 1.807) is 10.9 Å². The lowest BCUT2D eigenvalue weighted by Gasteiger charge is -2.12. The molecule has 0 aliphatic heterocycles. The Morgan fingerprint density at radius 1 is 1.56 bits per heavy atom. The second-order valence-electron chi connectivity index (χ2n) is 3.75. The highest BCUT2D eigenvalue weighted by molar-refractivity contribution is 5.82. The molecule has 0 fully saturated rings. The minimum absolute atomic E-state index is 0.310. The molecular weight excluding hydrogens is 240 g/mol. The van der Waals surface area contributed by atoms with Gasteiger partial charge in [-0.2, -0.15) is 5.10 Å². The van der Waals surface area contributed by atoms with E-state index in [9.17, 15) is 9.59 Å². The number of urea groups is 1. The van der Waals surface area contributed by atoms with E-state index < -0.39 is 24.6 Å². The number of carboxylic acids is 1. The molecule has 0 saturated heterocycles. The van der Waals surface area contributed by atoms with Crippen molar-refractivity contribution in [3.05, 3.63) is 18.0 Å². The van der Waals surface area contributed by atoms with Gasteiger partial charge in [-0.15, -0.1) is 0 Å². The van der Waals surface area contributed by atoms with E-state index in [0.717, 1.165) is 5.56 Å². The molecule has 18 heavy (non-hydrogen) atoms. The molecule has 0 saturated carbocycles. The third-order valence-corrected chi connectivity index (χ3v) is 2.17. The number of aliphatic hydroxyl groups is 1. The summed E-state index contributed by atoms with van der Waals surface area (Å²) in [5.74, 6) is -1.28. The molecule has 0 bridgehead atoms. The molecule has 0 aliphatic rings. The molecule has 1 aromatic heterocycles. The third kappa shape index (κ3) is 4.42. The summed E-state index contributed by atoms with van der Waals surface area (Å²) in [6.45, 7) is 2.05. The second kappa shape index (κ2) is 6.60. The number of nitrogens with zero attached hydrogens (tertiary/aromatic N) is 2. The van der Waals surface area contributed by atoms with Crippen LogP contribution in [0.1, 0.15) is 5.56 Å². The molecule has 0 aliphatic carbocycles. The zero-order valence-corrected chi connectivity index (χ0v) is 9.96. The Kier molecular flexibility index (Phi) is 5.12. The average molecular weight is 256 g/mol. The first kappa shape index (κ1) is 14.0. The zero-order valence-electron chi connectivity index (χ0n) is 9.96. The number of carboxylic acid groups (broad SMARTS) is 1. The van der Waals surface area contributed by atoms with Gasteiger partial charge >= 0.3 is 12.0 Å². The van der Waals surface area contributed by atoms with Gasteiger partial charge in [-0.25, -0.2) is 9.59 Å². The number of hydrogen-bond donors (Lipinski definition) is 4. The number of nitrogens with one attached hydrogen (secondary N) is 2. The maximum absolute atomic E-state index is 11.3. The van der Waals surface area contributed by atoms with Crippen LogP contribution >= 0.6 is 0 Å². The average Bonchev–Trinajstić information content (AvgIpc) is 2.71. The SMILES string of the molecule is Cc1cnn(CCNC(=O)NC(CO)C(=O)O)c1. The van der Waals surface area contributed by atoms with Gasteiger partial charge in [0.05, 0.1) is 19.3 Å². The van der Waals surface area contributed by atoms with Crippen molar-refractivity contribution in [1.82, 2.24) is 20.4 Å². The summed E-state index contributed by atoms with van der Waals surface area (Å²) in [5.41, 5.74) is 1.02. The second-order valence-corrected chi connectivity index (χ2v) is 3.75. The molecule has 0 spiro atoms. The summed E-state index contributed by atoms with van der Waals surface area (Å²) in [7, 11) is 0. The highest BCUT2D eigenvalue weighted by Gasteiger charge is 2.17. The molecule has 1 unspecified atom stereocenters. The van der Waals surface area contributed by atoms with Crippen molar-refractivity contribution in [3.63, 3.8) is 0 Å². The molecule has 2 amide bonds. The predicted molar refractivity (Wildman–Crippen MR) is 62.0 cm³/mol. The van der Waals surface area contributed by atoms with E-state index in [2.05, 4.69) is 15.7 Å². The number of aryl methyl sites for hydroxylation is 1. The van der Waals surface area contributed by atoms with Gasteiger partial charge in [-0.1, -0.05) is 0 Å². The van der Waals surface area contributed by atoms with Crippen molar-refractivity contribution < 1.29 is 19.8 Å². The summed E-state index contributed by atoms with van der Waals surface area (Å²) in [4.78, 5) is 21.8. The fourth-order valence-electron chi connectivity index (χ4n) is 1.27. The van der Waals surface area contributed by atoms with Gasteiger partial charge < -0.3 is 20.8 Å². The summed E-state index contributed by atoms with van der Waals surface area (Å²) >= 11 is 0. The molecule has 0 aromatic carbocycles. The van der Waals surface area contributed by atoms with E-state index >= 15 is 0 Å². The Hall–Kier alpha value is -2.09. The first-order valence-electron chi connectivity index (χ1n) is 5.40. The Morgan fingerprint density at radius 2 is 2.28 bits per heavy atom. The topological polar surface area (TPSA) is 116 Å². The maximum atomic E-state index is 11.3. The molecule has 8 nitrogen and oxygen atoms in total. The van der Waals surface area contributed by atoms with Crippen molar-refractivity contribution in [3.8, 4) is 0 Å². The van der Waals surface area contributed by atoms with E-state index in [1.165, 1.54) is 0 Å². The molecule has 0 radical (unpaired) electrons. The Bertz CT molecular complexity index is 418. The van der Waals surface area contributed by atoms with Gasteiger partial charge in [0.15, 0.2) is 6.04 Å². The number of aromatic nitrogens is 2. The van der Waals surface area contributed by atoms with Gasteiger partial charge in [0.1, 0.15) is 0 Å². The number of aliphatic carboxylic acids is 1. The lowest BCUT2D eigenvalue weighted by atomic mass is 10.3. The third-order valence-electron chi connectivity index (χ3n) is 2.17. The van der Waals surface area contributed by atoms with Crippen LogP contribution in [0.2, 0.25) is 0 Å². The van der Waals surface area contributed by atoms with Gasteiger partial charge in [0.2, 0.25) is 0 Å². The molecule has 1 atom stereocenters. The van der Waals surface area contributed by atoms with Crippen LogP contribution in [0.3, 0.4) is 0 Å². The van der Waals surface area contributed by atoms with Crippen molar-refractivity contribution in [2.75, 3.05) is 13.2 Å². The number of carbonyl (C=O) groups is 2. The van der Waals surface area contributed by atoms with E-state index in [-0.39, 0.29) is 0 Å². The minimum atomic E-state index is -1.29. The smallest absolute Gasteiger partial charge is 0.328 e. The zero-order chi connectivity index (χ0) is 13.5. The number of amides is 2. The van der Waals surface area contributed by atoms with Crippen LogP contribution in [0, 0.1) is 6.92 Å². The van der Waals surface area contributed by atoms with Gasteiger partial charge in [-0.3, -0.25) is 4.68 Å². The van der Waals surface area contributed by atoms with E-state index in [0.29, 0.717) is 13.1 Å². The standard InChI is InChI=1S/C10H16N4O4/c1-7-4-12-14(5-7)3-2-11-10(18)13-8(6-15)9(16)17/h4-5,8,15H,2-3,6H2,1H3,(H,16,17)(H2,11,13,18). The summed E-state index contributed by atoms with van der Waals surface area (Å²) in [5, 5.41) is 26.0. The molecular formula is C10H16N4O4. The molecule has 4 N–H and O–H groups in total.